The van der Waals surface area contributed by atoms with E-state index in [-0.39, 0.29) is 24.7 Å². The molecule has 0 saturated carbocycles. The molecule has 5 heteroatoms. The summed E-state index contributed by atoms with van der Waals surface area (Å²) in [5.74, 6) is -0.538. The van der Waals surface area contributed by atoms with Crippen LogP contribution in [0, 0.1) is 11.6 Å². The number of benzene rings is 2. The van der Waals surface area contributed by atoms with Gasteiger partial charge >= 0.3 is 0 Å². The van der Waals surface area contributed by atoms with Crippen LogP contribution < -0.4 is 9.47 Å². The fourth-order valence-electron chi connectivity index (χ4n) is 1.76. The third kappa shape index (κ3) is 3.45. The van der Waals surface area contributed by atoms with Crippen LogP contribution in [0.4, 0.5) is 8.78 Å². The highest BCUT2D eigenvalue weighted by molar-refractivity contribution is 5.31. The van der Waals surface area contributed by atoms with E-state index >= 15 is 0 Å². The van der Waals surface area contributed by atoms with Gasteiger partial charge in [0.1, 0.15) is 18.2 Å². The molecule has 2 aromatic rings. The molecule has 1 N–H and O–H groups in total. The molecule has 0 saturated heterocycles. The SMILES string of the molecule is COc1ccc(COc2cc(F)cc(CO)c2)cc1F. The van der Waals surface area contributed by atoms with E-state index in [1.54, 1.807) is 6.07 Å². The molecule has 0 spiro atoms. The van der Waals surface area contributed by atoms with Crippen LogP contribution in [-0.4, -0.2) is 12.2 Å². The minimum absolute atomic E-state index is 0.0925. The van der Waals surface area contributed by atoms with E-state index < -0.39 is 11.6 Å². The predicted molar refractivity (Wildman–Crippen MR) is 69.6 cm³/mol. The van der Waals surface area contributed by atoms with E-state index in [0.717, 1.165) is 0 Å². The summed E-state index contributed by atoms with van der Waals surface area (Å²) in [6, 6.07) is 8.42. The second-order valence-corrected chi connectivity index (χ2v) is 4.21. The molecular formula is C15H14F2O3. The van der Waals surface area contributed by atoms with Crippen molar-refractivity contribution in [3.8, 4) is 11.5 Å². The second-order valence-electron chi connectivity index (χ2n) is 4.21. The van der Waals surface area contributed by atoms with Gasteiger partial charge in [-0.3, -0.25) is 0 Å². The number of aliphatic hydroxyl groups excluding tert-OH is 1. The summed E-state index contributed by atoms with van der Waals surface area (Å²) < 4.78 is 36.9. The largest absolute Gasteiger partial charge is 0.494 e. The summed E-state index contributed by atoms with van der Waals surface area (Å²) in [6.45, 7) is -0.180. The van der Waals surface area contributed by atoms with Crippen LogP contribution in [0.15, 0.2) is 36.4 Å². The van der Waals surface area contributed by atoms with Crippen LogP contribution in [0.1, 0.15) is 11.1 Å². The molecule has 0 aliphatic rings. The molecule has 0 heterocycles. The van der Waals surface area contributed by atoms with Crippen molar-refractivity contribution in [1.29, 1.82) is 0 Å². The normalized spacial score (nSPS) is 10.4. The average molecular weight is 280 g/mol. The van der Waals surface area contributed by atoms with Crippen LogP contribution >= 0.6 is 0 Å². The molecule has 0 bridgehead atoms. The zero-order valence-corrected chi connectivity index (χ0v) is 10.9. The van der Waals surface area contributed by atoms with Crippen molar-refractivity contribution in [2.75, 3.05) is 7.11 Å². The highest BCUT2D eigenvalue weighted by Crippen LogP contribution is 2.21. The lowest BCUT2D eigenvalue weighted by Crippen LogP contribution is -1.98. The summed E-state index contributed by atoms with van der Waals surface area (Å²) in [5, 5.41) is 8.98. The average Bonchev–Trinajstić information content (AvgIpc) is 2.44. The molecule has 2 rings (SSSR count). The van der Waals surface area contributed by atoms with Gasteiger partial charge in [-0.25, -0.2) is 8.78 Å². The molecule has 0 aliphatic carbocycles. The first-order chi connectivity index (χ1) is 9.62. The highest BCUT2D eigenvalue weighted by Gasteiger charge is 2.05. The molecule has 106 valence electrons. The van der Waals surface area contributed by atoms with Gasteiger partial charge in [-0.2, -0.15) is 0 Å². The Morgan fingerprint density at radius 3 is 2.50 bits per heavy atom. The Bertz CT molecular complexity index is 600. The summed E-state index contributed by atoms with van der Waals surface area (Å²) >= 11 is 0. The van der Waals surface area contributed by atoms with Gasteiger partial charge < -0.3 is 14.6 Å². The second kappa shape index (κ2) is 6.34. The Kier molecular flexibility index (Phi) is 4.53. The monoisotopic (exact) mass is 280 g/mol. The first-order valence-corrected chi connectivity index (χ1v) is 5.98. The Morgan fingerprint density at radius 2 is 1.85 bits per heavy atom. The van der Waals surface area contributed by atoms with Gasteiger partial charge in [0.05, 0.1) is 13.7 Å². The van der Waals surface area contributed by atoms with E-state index in [2.05, 4.69) is 0 Å². The van der Waals surface area contributed by atoms with E-state index in [0.29, 0.717) is 11.1 Å². The van der Waals surface area contributed by atoms with Crippen molar-refractivity contribution in [2.24, 2.45) is 0 Å². The third-order valence-electron chi connectivity index (χ3n) is 2.74. The van der Waals surface area contributed by atoms with Crippen molar-refractivity contribution in [3.05, 3.63) is 59.2 Å². The van der Waals surface area contributed by atoms with E-state index in [1.165, 1.54) is 37.4 Å². The topological polar surface area (TPSA) is 38.7 Å². The van der Waals surface area contributed by atoms with E-state index in [9.17, 15) is 8.78 Å². The Morgan fingerprint density at radius 1 is 1.05 bits per heavy atom. The molecule has 0 atom stereocenters. The number of hydrogen-bond donors (Lipinski definition) is 1. The van der Waals surface area contributed by atoms with Gasteiger partial charge in [0, 0.05) is 6.07 Å². The third-order valence-corrected chi connectivity index (χ3v) is 2.74. The van der Waals surface area contributed by atoms with Crippen molar-refractivity contribution in [2.45, 2.75) is 13.2 Å². The smallest absolute Gasteiger partial charge is 0.165 e. The highest BCUT2D eigenvalue weighted by atomic mass is 19.1. The van der Waals surface area contributed by atoms with E-state index in [4.69, 9.17) is 14.6 Å². The molecular weight excluding hydrogens is 266 g/mol. The van der Waals surface area contributed by atoms with Crippen molar-refractivity contribution < 1.29 is 23.4 Å². The van der Waals surface area contributed by atoms with Crippen molar-refractivity contribution in [1.82, 2.24) is 0 Å². The van der Waals surface area contributed by atoms with E-state index in [1.807, 2.05) is 0 Å². The number of hydrogen-bond acceptors (Lipinski definition) is 3. The van der Waals surface area contributed by atoms with Gasteiger partial charge in [0.25, 0.3) is 0 Å². The molecule has 20 heavy (non-hydrogen) atoms. The fourth-order valence-corrected chi connectivity index (χ4v) is 1.76. The maximum absolute atomic E-state index is 13.5. The molecule has 3 nitrogen and oxygen atoms in total. The van der Waals surface area contributed by atoms with Gasteiger partial charge in [-0.15, -0.1) is 0 Å². The van der Waals surface area contributed by atoms with Crippen LogP contribution in [-0.2, 0) is 13.2 Å². The first-order valence-electron chi connectivity index (χ1n) is 5.98. The maximum Gasteiger partial charge on any atom is 0.165 e. The zero-order chi connectivity index (χ0) is 14.5. The number of aliphatic hydroxyl groups is 1. The summed E-state index contributed by atoms with van der Waals surface area (Å²) in [5.41, 5.74) is 1.01. The summed E-state index contributed by atoms with van der Waals surface area (Å²) in [6.07, 6.45) is 0. The number of ether oxygens (including phenoxy) is 2. The molecule has 2 aromatic carbocycles. The van der Waals surface area contributed by atoms with Crippen LogP contribution in [0.5, 0.6) is 11.5 Å². The Labute approximate surface area is 115 Å². The quantitative estimate of drug-likeness (QED) is 0.915. The number of rotatable bonds is 5. The molecule has 0 aromatic heterocycles. The summed E-state index contributed by atoms with van der Waals surface area (Å²) in [7, 11) is 1.39. The fraction of sp³-hybridized carbons (Fsp3) is 0.200. The van der Waals surface area contributed by atoms with Crippen LogP contribution in [0.2, 0.25) is 0 Å². The lowest BCUT2D eigenvalue weighted by molar-refractivity contribution is 0.276. The maximum atomic E-state index is 13.5. The Balaban J connectivity index is 2.08. The molecule has 0 radical (unpaired) electrons. The minimum Gasteiger partial charge on any atom is -0.494 e. The van der Waals surface area contributed by atoms with Gasteiger partial charge in [-0.05, 0) is 35.4 Å². The van der Waals surface area contributed by atoms with Crippen molar-refractivity contribution >= 4 is 0 Å². The van der Waals surface area contributed by atoms with Crippen LogP contribution in [0.25, 0.3) is 0 Å². The lowest BCUT2D eigenvalue weighted by Gasteiger charge is -2.09. The molecule has 0 unspecified atom stereocenters. The van der Waals surface area contributed by atoms with Crippen LogP contribution in [0.3, 0.4) is 0 Å². The number of halogens is 2. The predicted octanol–water partition coefficient (Wildman–Crippen LogP) is 3.04. The number of methoxy groups -OCH3 is 1. The molecule has 0 aliphatic heterocycles. The van der Waals surface area contributed by atoms with Gasteiger partial charge in [-0.1, -0.05) is 6.07 Å². The van der Waals surface area contributed by atoms with Gasteiger partial charge in [0.2, 0.25) is 0 Å². The summed E-state index contributed by atoms with van der Waals surface area (Å²) in [4.78, 5) is 0. The molecule has 0 amide bonds. The standard InChI is InChI=1S/C15H14F2O3/c1-19-15-3-2-10(6-14(15)17)9-20-13-5-11(8-18)4-12(16)7-13/h2-7,18H,8-9H2,1H3. The van der Waals surface area contributed by atoms with Gasteiger partial charge in [0.15, 0.2) is 11.6 Å². The first kappa shape index (κ1) is 14.3. The van der Waals surface area contributed by atoms with Crippen molar-refractivity contribution in [3.63, 3.8) is 0 Å². The molecule has 0 fully saturated rings. The lowest BCUT2D eigenvalue weighted by atomic mass is 10.2. The minimum atomic E-state index is -0.493. The Hall–Kier alpha value is -2.14. The zero-order valence-electron chi connectivity index (χ0n) is 10.9.